The van der Waals surface area contributed by atoms with Gasteiger partial charge in [-0.05, 0) is 54.5 Å². The maximum atomic E-state index is 6.38. The van der Waals surface area contributed by atoms with Crippen LogP contribution in [-0.2, 0) is 6.42 Å². The molecule has 1 aromatic carbocycles. The van der Waals surface area contributed by atoms with Crippen molar-refractivity contribution in [3.63, 3.8) is 0 Å². The number of hydrogen-bond acceptors (Lipinski definition) is 4. The Labute approximate surface area is 135 Å². The van der Waals surface area contributed by atoms with E-state index in [0.717, 1.165) is 29.2 Å². The van der Waals surface area contributed by atoms with Gasteiger partial charge in [0, 0.05) is 11.1 Å². The lowest BCUT2D eigenvalue weighted by Crippen LogP contribution is -2.23. The minimum Gasteiger partial charge on any atom is -0.309 e. The third-order valence-electron chi connectivity index (χ3n) is 3.49. The predicted molar refractivity (Wildman–Crippen MR) is 90.3 cm³/mol. The van der Waals surface area contributed by atoms with Gasteiger partial charge in [0.05, 0.1) is 10.6 Å². The van der Waals surface area contributed by atoms with E-state index in [0.29, 0.717) is 5.92 Å². The highest BCUT2D eigenvalue weighted by atomic mass is 35.5. The van der Waals surface area contributed by atoms with Crippen molar-refractivity contribution < 1.29 is 0 Å². The molecule has 1 unspecified atom stereocenters. The molecule has 0 spiro atoms. The van der Waals surface area contributed by atoms with E-state index >= 15 is 0 Å². The summed E-state index contributed by atoms with van der Waals surface area (Å²) in [7, 11) is 0. The van der Waals surface area contributed by atoms with Crippen molar-refractivity contribution in [2.75, 3.05) is 6.54 Å². The molecule has 0 fully saturated rings. The molecular formula is C16H22ClN3S. The Bertz CT molecular complexity index is 595. The first-order chi connectivity index (χ1) is 10.0. The van der Waals surface area contributed by atoms with Crippen LogP contribution in [0.1, 0.15) is 54.4 Å². The first-order valence-corrected chi connectivity index (χ1v) is 8.48. The number of halogens is 1. The Morgan fingerprint density at radius 1 is 1.33 bits per heavy atom. The fourth-order valence-corrected chi connectivity index (χ4v) is 3.58. The summed E-state index contributed by atoms with van der Waals surface area (Å²) < 4.78 is 4.14. The molecule has 0 radical (unpaired) electrons. The minimum atomic E-state index is 0.215. The van der Waals surface area contributed by atoms with E-state index in [-0.39, 0.29) is 6.04 Å². The van der Waals surface area contributed by atoms with Crippen LogP contribution < -0.4 is 5.32 Å². The van der Waals surface area contributed by atoms with Crippen LogP contribution in [0, 0.1) is 6.92 Å². The molecule has 0 bridgehead atoms. The molecule has 1 heterocycles. The Balaban J connectivity index is 2.28. The monoisotopic (exact) mass is 323 g/mol. The minimum absolute atomic E-state index is 0.215. The topological polar surface area (TPSA) is 37.8 Å². The van der Waals surface area contributed by atoms with Crippen molar-refractivity contribution >= 4 is 23.1 Å². The third-order valence-corrected chi connectivity index (χ3v) is 4.69. The molecule has 0 saturated heterocycles. The SMILES string of the molecule is CCNC(Cc1ccc(C)cc1Cl)c1snnc1C(C)C. The lowest BCUT2D eigenvalue weighted by Gasteiger charge is -2.19. The number of likely N-dealkylation sites (N-methyl/N-ethyl adjacent to an activating group) is 1. The molecule has 21 heavy (non-hydrogen) atoms. The smallest absolute Gasteiger partial charge is 0.0829 e. The summed E-state index contributed by atoms with van der Waals surface area (Å²) in [4.78, 5) is 1.23. The van der Waals surface area contributed by atoms with Crippen molar-refractivity contribution in [3.8, 4) is 0 Å². The summed E-state index contributed by atoms with van der Waals surface area (Å²) in [5.74, 6) is 0.383. The molecule has 1 N–H and O–H groups in total. The molecule has 0 aliphatic heterocycles. The lowest BCUT2D eigenvalue weighted by atomic mass is 9.99. The molecule has 0 aliphatic carbocycles. The van der Waals surface area contributed by atoms with Crippen LogP contribution in [0.15, 0.2) is 18.2 Å². The Kier molecular flexibility index (Phi) is 5.73. The summed E-state index contributed by atoms with van der Waals surface area (Å²) >= 11 is 7.87. The highest BCUT2D eigenvalue weighted by molar-refractivity contribution is 7.05. The van der Waals surface area contributed by atoms with Gasteiger partial charge in [0.2, 0.25) is 0 Å². The predicted octanol–water partition coefficient (Wildman–Crippen LogP) is 4.52. The van der Waals surface area contributed by atoms with Gasteiger partial charge in [-0.25, -0.2) is 0 Å². The second-order valence-electron chi connectivity index (χ2n) is 5.59. The van der Waals surface area contributed by atoms with E-state index in [1.807, 2.05) is 6.07 Å². The largest absolute Gasteiger partial charge is 0.309 e. The van der Waals surface area contributed by atoms with Crippen LogP contribution in [0.2, 0.25) is 5.02 Å². The molecule has 2 aromatic rings. The van der Waals surface area contributed by atoms with E-state index in [2.05, 4.69) is 54.7 Å². The van der Waals surface area contributed by atoms with Crippen LogP contribution in [-0.4, -0.2) is 16.1 Å². The van der Waals surface area contributed by atoms with Gasteiger partial charge in [-0.3, -0.25) is 0 Å². The van der Waals surface area contributed by atoms with Gasteiger partial charge in [0.15, 0.2) is 0 Å². The fourth-order valence-electron chi connectivity index (χ4n) is 2.39. The molecule has 0 amide bonds. The first kappa shape index (κ1) is 16.4. The van der Waals surface area contributed by atoms with Crippen LogP contribution >= 0.6 is 23.1 Å². The molecule has 0 aliphatic rings. The van der Waals surface area contributed by atoms with Gasteiger partial charge < -0.3 is 5.32 Å². The van der Waals surface area contributed by atoms with Crippen LogP contribution in [0.3, 0.4) is 0 Å². The van der Waals surface area contributed by atoms with E-state index < -0.39 is 0 Å². The number of benzene rings is 1. The number of aryl methyl sites for hydroxylation is 1. The molecule has 0 saturated carbocycles. The van der Waals surface area contributed by atoms with Crippen molar-refractivity contribution in [1.82, 2.24) is 14.9 Å². The van der Waals surface area contributed by atoms with Gasteiger partial charge in [0.1, 0.15) is 0 Å². The molecular weight excluding hydrogens is 302 g/mol. The van der Waals surface area contributed by atoms with E-state index in [1.54, 1.807) is 0 Å². The molecule has 2 rings (SSSR count). The van der Waals surface area contributed by atoms with Crippen molar-refractivity contribution in [1.29, 1.82) is 0 Å². The summed E-state index contributed by atoms with van der Waals surface area (Å²) in [5.41, 5.74) is 3.44. The van der Waals surface area contributed by atoms with Gasteiger partial charge >= 0.3 is 0 Å². The maximum Gasteiger partial charge on any atom is 0.0829 e. The molecule has 1 aromatic heterocycles. The summed E-state index contributed by atoms with van der Waals surface area (Å²) in [6.45, 7) is 9.39. The molecule has 114 valence electrons. The quantitative estimate of drug-likeness (QED) is 0.849. The highest BCUT2D eigenvalue weighted by Gasteiger charge is 2.21. The van der Waals surface area contributed by atoms with E-state index in [1.165, 1.54) is 22.0 Å². The number of nitrogens with one attached hydrogen (secondary N) is 1. The molecule has 5 heteroatoms. The standard InChI is InChI=1S/C16H22ClN3S/c1-5-18-14(16-15(10(2)3)19-20-21-16)9-12-7-6-11(4)8-13(12)17/h6-8,10,14,18H,5,9H2,1-4H3. The van der Waals surface area contributed by atoms with Gasteiger partial charge in [-0.1, -0.05) is 49.0 Å². The lowest BCUT2D eigenvalue weighted by molar-refractivity contribution is 0.549. The average Bonchev–Trinajstić information content (AvgIpc) is 2.90. The second-order valence-corrected chi connectivity index (χ2v) is 6.78. The summed E-state index contributed by atoms with van der Waals surface area (Å²) in [5, 5.41) is 8.67. The van der Waals surface area contributed by atoms with Crippen LogP contribution in [0.25, 0.3) is 0 Å². The molecule has 3 nitrogen and oxygen atoms in total. The Hall–Kier alpha value is -0.970. The van der Waals surface area contributed by atoms with E-state index in [4.69, 9.17) is 11.6 Å². The maximum absolute atomic E-state index is 6.38. The number of nitrogens with zero attached hydrogens (tertiary/aromatic N) is 2. The average molecular weight is 324 g/mol. The summed E-state index contributed by atoms with van der Waals surface area (Å²) in [6, 6.07) is 6.46. The number of rotatable bonds is 6. The zero-order valence-corrected chi connectivity index (χ0v) is 14.6. The second kappa shape index (κ2) is 7.34. The molecule has 1 atom stereocenters. The normalized spacial score (nSPS) is 12.9. The zero-order valence-electron chi connectivity index (χ0n) is 13.0. The third kappa shape index (κ3) is 4.02. The first-order valence-electron chi connectivity index (χ1n) is 7.33. The number of aromatic nitrogens is 2. The summed E-state index contributed by atoms with van der Waals surface area (Å²) in [6.07, 6.45) is 0.858. The Morgan fingerprint density at radius 2 is 2.10 bits per heavy atom. The van der Waals surface area contributed by atoms with Crippen molar-refractivity contribution in [2.24, 2.45) is 0 Å². The zero-order chi connectivity index (χ0) is 15.4. The van der Waals surface area contributed by atoms with Crippen molar-refractivity contribution in [2.45, 2.75) is 46.1 Å². The van der Waals surface area contributed by atoms with Gasteiger partial charge in [-0.2, -0.15) is 0 Å². The highest BCUT2D eigenvalue weighted by Crippen LogP contribution is 2.30. The van der Waals surface area contributed by atoms with Crippen LogP contribution in [0.4, 0.5) is 0 Å². The van der Waals surface area contributed by atoms with Gasteiger partial charge in [0.25, 0.3) is 0 Å². The van der Waals surface area contributed by atoms with Crippen LogP contribution in [0.5, 0.6) is 0 Å². The van der Waals surface area contributed by atoms with Gasteiger partial charge in [-0.15, -0.1) is 5.10 Å². The van der Waals surface area contributed by atoms with E-state index in [9.17, 15) is 0 Å². The fraction of sp³-hybridized carbons (Fsp3) is 0.500. The number of hydrogen-bond donors (Lipinski definition) is 1. The van der Waals surface area contributed by atoms with Crippen molar-refractivity contribution in [3.05, 3.63) is 44.9 Å². The Morgan fingerprint density at radius 3 is 2.71 bits per heavy atom.